The standard InChI is InChI=1S/C11H18N2OS/c1-8-13-10(7-15-8)6-12-9-3-2-4-11(14)5-9/h7,9,11-12,14H,2-6H2,1H3. The number of aliphatic hydroxyl groups is 1. The molecule has 0 amide bonds. The minimum atomic E-state index is -0.103. The Morgan fingerprint density at radius 2 is 2.47 bits per heavy atom. The lowest BCUT2D eigenvalue weighted by molar-refractivity contribution is 0.111. The van der Waals surface area contributed by atoms with E-state index in [-0.39, 0.29) is 6.10 Å². The van der Waals surface area contributed by atoms with Crippen LogP contribution in [0.15, 0.2) is 5.38 Å². The third-order valence-corrected chi connectivity index (χ3v) is 3.71. The van der Waals surface area contributed by atoms with Gasteiger partial charge in [-0.15, -0.1) is 11.3 Å². The lowest BCUT2D eigenvalue weighted by Gasteiger charge is -2.26. The van der Waals surface area contributed by atoms with Gasteiger partial charge in [-0.1, -0.05) is 0 Å². The largest absolute Gasteiger partial charge is 0.393 e. The van der Waals surface area contributed by atoms with Crippen molar-refractivity contribution in [3.05, 3.63) is 16.1 Å². The van der Waals surface area contributed by atoms with Crippen molar-refractivity contribution in [3.8, 4) is 0 Å². The number of hydrogen-bond donors (Lipinski definition) is 2. The van der Waals surface area contributed by atoms with E-state index in [9.17, 15) is 5.11 Å². The molecule has 4 heteroatoms. The monoisotopic (exact) mass is 226 g/mol. The first-order valence-corrected chi connectivity index (χ1v) is 6.44. The molecular weight excluding hydrogens is 208 g/mol. The van der Waals surface area contributed by atoms with Crippen LogP contribution in [0.25, 0.3) is 0 Å². The topological polar surface area (TPSA) is 45.2 Å². The molecule has 0 aliphatic heterocycles. The van der Waals surface area contributed by atoms with E-state index in [1.165, 1.54) is 6.42 Å². The number of hydrogen-bond acceptors (Lipinski definition) is 4. The molecule has 1 aromatic heterocycles. The molecule has 1 aliphatic carbocycles. The Labute approximate surface area is 94.5 Å². The van der Waals surface area contributed by atoms with Gasteiger partial charge in [0.1, 0.15) is 0 Å². The minimum absolute atomic E-state index is 0.103. The molecule has 1 fully saturated rings. The van der Waals surface area contributed by atoms with E-state index in [4.69, 9.17) is 0 Å². The molecule has 2 unspecified atom stereocenters. The van der Waals surface area contributed by atoms with Gasteiger partial charge in [0.05, 0.1) is 16.8 Å². The summed E-state index contributed by atoms with van der Waals surface area (Å²) in [4.78, 5) is 4.41. The van der Waals surface area contributed by atoms with Gasteiger partial charge in [0.2, 0.25) is 0 Å². The van der Waals surface area contributed by atoms with Crippen molar-refractivity contribution in [1.82, 2.24) is 10.3 Å². The average Bonchev–Trinajstić information content (AvgIpc) is 2.62. The molecule has 1 heterocycles. The second-order valence-corrected chi connectivity index (χ2v) is 5.32. The number of aromatic nitrogens is 1. The lowest BCUT2D eigenvalue weighted by atomic mass is 9.93. The molecule has 3 nitrogen and oxygen atoms in total. The summed E-state index contributed by atoms with van der Waals surface area (Å²) in [5.41, 5.74) is 1.12. The highest BCUT2D eigenvalue weighted by Gasteiger charge is 2.19. The zero-order valence-electron chi connectivity index (χ0n) is 9.07. The molecule has 0 saturated heterocycles. The van der Waals surface area contributed by atoms with Crippen molar-refractivity contribution in [1.29, 1.82) is 0 Å². The Morgan fingerprint density at radius 3 is 3.13 bits per heavy atom. The maximum absolute atomic E-state index is 9.53. The highest BCUT2D eigenvalue weighted by atomic mass is 32.1. The summed E-state index contributed by atoms with van der Waals surface area (Å²) >= 11 is 1.69. The lowest BCUT2D eigenvalue weighted by Crippen LogP contribution is -2.35. The molecule has 84 valence electrons. The van der Waals surface area contributed by atoms with Gasteiger partial charge < -0.3 is 10.4 Å². The Balaban J connectivity index is 1.77. The summed E-state index contributed by atoms with van der Waals surface area (Å²) in [6, 6.07) is 0.468. The van der Waals surface area contributed by atoms with Crippen LogP contribution in [0.5, 0.6) is 0 Å². The minimum Gasteiger partial charge on any atom is -0.393 e. The van der Waals surface area contributed by atoms with Gasteiger partial charge in [0.25, 0.3) is 0 Å². The summed E-state index contributed by atoms with van der Waals surface area (Å²) in [7, 11) is 0. The second-order valence-electron chi connectivity index (χ2n) is 4.26. The Hall–Kier alpha value is -0.450. The molecule has 0 aromatic carbocycles. The zero-order chi connectivity index (χ0) is 10.7. The molecule has 1 aromatic rings. The first-order valence-electron chi connectivity index (χ1n) is 5.56. The first-order chi connectivity index (χ1) is 7.24. The fraction of sp³-hybridized carbons (Fsp3) is 0.727. The number of thiazole rings is 1. The fourth-order valence-corrected chi connectivity index (χ4v) is 2.70. The quantitative estimate of drug-likeness (QED) is 0.826. The number of nitrogens with one attached hydrogen (secondary N) is 1. The molecule has 1 saturated carbocycles. The van der Waals surface area contributed by atoms with Crippen molar-refractivity contribution in [2.45, 2.75) is 51.3 Å². The Kier molecular flexibility index (Phi) is 3.72. The summed E-state index contributed by atoms with van der Waals surface area (Å²) in [5, 5.41) is 16.2. The van der Waals surface area contributed by atoms with Crippen LogP contribution in [-0.2, 0) is 6.54 Å². The van der Waals surface area contributed by atoms with Crippen molar-refractivity contribution in [2.75, 3.05) is 0 Å². The van der Waals surface area contributed by atoms with Crippen LogP contribution in [0.2, 0.25) is 0 Å². The van der Waals surface area contributed by atoms with E-state index in [1.807, 2.05) is 6.92 Å². The maximum Gasteiger partial charge on any atom is 0.0897 e. The third kappa shape index (κ3) is 3.26. The van der Waals surface area contributed by atoms with Crippen LogP contribution in [0.3, 0.4) is 0 Å². The molecule has 2 N–H and O–H groups in total. The maximum atomic E-state index is 9.53. The molecule has 0 radical (unpaired) electrons. The normalized spacial score (nSPS) is 26.8. The van der Waals surface area contributed by atoms with Crippen molar-refractivity contribution in [3.63, 3.8) is 0 Å². The summed E-state index contributed by atoms with van der Waals surface area (Å²) in [6.07, 6.45) is 4.07. The SMILES string of the molecule is Cc1nc(CNC2CCCC(O)C2)cs1. The van der Waals surface area contributed by atoms with Gasteiger partial charge in [0, 0.05) is 18.0 Å². The first kappa shape index (κ1) is 11.0. The number of aryl methyl sites for hydroxylation is 1. The van der Waals surface area contributed by atoms with E-state index in [1.54, 1.807) is 11.3 Å². The smallest absolute Gasteiger partial charge is 0.0897 e. The van der Waals surface area contributed by atoms with Crippen LogP contribution < -0.4 is 5.32 Å². The highest BCUT2D eigenvalue weighted by Crippen LogP contribution is 2.18. The van der Waals surface area contributed by atoms with E-state index in [2.05, 4.69) is 15.7 Å². The molecule has 0 bridgehead atoms. The van der Waals surface area contributed by atoms with Crippen LogP contribution in [-0.4, -0.2) is 22.2 Å². The van der Waals surface area contributed by atoms with Crippen LogP contribution in [0.1, 0.15) is 36.4 Å². The Bertz CT molecular complexity index is 313. The Morgan fingerprint density at radius 1 is 1.60 bits per heavy atom. The van der Waals surface area contributed by atoms with Crippen molar-refractivity contribution < 1.29 is 5.11 Å². The molecule has 0 spiro atoms. The van der Waals surface area contributed by atoms with Gasteiger partial charge in [-0.05, 0) is 32.6 Å². The van der Waals surface area contributed by atoms with E-state index in [0.717, 1.165) is 36.5 Å². The van der Waals surface area contributed by atoms with Gasteiger partial charge in [-0.2, -0.15) is 0 Å². The van der Waals surface area contributed by atoms with E-state index >= 15 is 0 Å². The average molecular weight is 226 g/mol. The molecule has 1 aliphatic rings. The van der Waals surface area contributed by atoms with Crippen molar-refractivity contribution >= 4 is 11.3 Å². The fourth-order valence-electron chi connectivity index (χ4n) is 2.09. The van der Waals surface area contributed by atoms with Gasteiger partial charge >= 0.3 is 0 Å². The van der Waals surface area contributed by atoms with E-state index < -0.39 is 0 Å². The predicted molar refractivity (Wildman–Crippen MR) is 62.0 cm³/mol. The molecule has 2 rings (SSSR count). The van der Waals surface area contributed by atoms with Crippen LogP contribution >= 0.6 is 11.3 Å². The van der Waals surface area contributed by atoms with Gasteiger partial charge in [-0.25, -0.2) is 4.98 Å². The molecule has 15 heavy (non-hydrogen) atoms. The number of nitrogens with zero attached hydrogens (tertiary/aromatic N) is 1. The zero-order valence-corrected chi connectivity index (χ0v) is 9.89. The van der Waals surface area contributed by atoms with Gasteiger partial charge in [0.15, 0.2) is 0 Å². The third-order valence-electron chi connectivity index (χ3n) is 2.88. The van der Waals surface area contributed by atoms with Gasteiger partial charge in [-0.3, -0.25) is 0 Å². The van der Waals surface area contributed by atoms with Crippen LogP contribution in [0, 0.1) is 6.92 Å². The molecular formula is C11H18N2OS. The second kappa shape index (κ2) is 5.05. The summed E-state index contributed by atoms with van der Waals surface area (Å²) in [5.74, 6) is 0. The predicted octanol–water partition coefficient (Wildman–Crippen LogP) is 1.84. The number of rotatable bonds is 3. The highest BCUT2D eigenvalue weighted by molar-refractivity contribution is 7.09. The summed E-state index contributed by atoms with van der Waals surface area (Å²) < 4.78 is 0. The summed E-state index contributed by atoms with van der Waals surface area (Å²) in [6.45, 7) is 2.86. The molecule has 2 atom stereocenters. The van der Waals surface area contributed by atoms with Crippen LogP contribution in [0.4, 0.5) is 0 Å². The van der Waals surface area contributed by atoms with Crippen molar-refractivity contribution in [2.24, 2.45) is 0 Å². The van der Waals surface area contributed by atoms with E-state index in [0.29, 0.717) is 6.04 Å². The number of aliphatic hydroxyl groups excluding tert-OH is 1.